The van der Waals surface area contributed by atoms with E-state index in [9.17, 15) is 0 Å². The van der Waals surface area contributed by atoms with Gasteiger partial charge >= 0.3 is 0 Å². The Bertz CT molecular complexity index is 342. The molecule has 1 heterocycles. The molecule has 0 bridgehead atoms. The number of hydrogen-bond acceptors (Lipinski definition) is 4. The van der Waals surface area contributed by atoms with Crippen LogP contribution >= 0.6 is 11.6 Å². The molecule has 2 atom stereocenters. The number of halogens is 1. The highest BCUT2D eigenvalue weighted by molar-refractivity contribution is 6.32. The molecular formula is C9H13ClN4. The predicted molar refractivity (Wildman–Crippen MR) is 57.2 cm³/mol. The molecule has 0 aliphatic heterocycles. The predicted octanol–water partition coefficient (Wildman–Crippen LogP) is 1.78. The number of rotatable bonds is 3. The average Bonchev–Trinajstić information content (AvgIpc) is 2.85. The zero-order chi connectivity index (χ0) is 10.1. The summed E-state index contributed by atoms with van der Waals surface area (Å²) in [5, 5.41) is 3.50. The summed E-state index contributed by atoms with van der Waals surface area (Å²) >= 11 is 5.76. The number of nitrogens with two attached hydrogens (primary N) is 1. The van der Waals surface area contributed by atoms with Crippen LogP contribution in [0, 0.1) is 11.8 Å². The van der Waals surface area contributed by atoms with Gasteiger partial charge in [-0.1, -0.05) is 18.5 Å². The van der Waals surface area contributed by atoms with E-state index in [4.69, 9.17) is 17.3 Å². The van der Waals surface area contributed by atoms with Crippen LogP contribution in [0.3, 0.4) is 0 Å². The van der Waals surface area contributed by atoms with Crippen molar-refractivity contribution in [1.29, 1.82) is 0 Å². The van der Waals surface area contributed by atoms with Crippen LogP contribution in [0.5, 0.6) is 0 Å². The molecule has 1 aliphatic rings. The smallest absolute Gasteiger partial charge is 0.157 e. The average molecular weight is 213 g/mol. The standard InChI is InChI=1S/C9H13ClN4/c1-5-2-6(5)3-12-9-7(11)8(10)13-4-14-9/h4-6H,2-3,11H2,1H3,(H,12,13,14). The summed E-state index contributed by atoms with van der Waals surface area (Å²) in [4.78, 5) is 7.82. The first kappa shape index (κ1) is 9.52. The Labute approximate surface area is 87.9 Å². The molecule has 1 aromatic rings. The van der Waals surface area contributed by atoms with Gasteiger partial charge in [0.2, 0.25) is 0 Å². The van der Waals surface area contributed by atoms with E-state index in [1.807, 2.05) is 0 Å². The third-order valence-corrected chi connectivity index (χ3v) is 2.94. The van der Waals surface area contributed by atoms with Crippen molar-refractivity contribution in [3.63, 3.8) is 0 Å². The Hall–Kier alpha value is -1.03. The second-order valence-electron chi connectivity index (χ2n) is 3.78. The minimum absolute atomic E-state index is 0.311. The lowest BCUT2D eigenvalue weighted by molar-refractivity contribution is 0.784. The fraction of sp³-hybridized carbons (Fsp3) is 0.556. The molecule has 0 aromatic carbocycles. The molecule has 1 aromatic heterocycles. The van der Waals surface area contributed by atoms with Crippen molar-refractivity contribution in [3.05, 3.63) is 11.5 Å². The second-order valence-corrected chi connectivity index (χ2v) is 4.14. The first-order chi connectivity index (χ1) is 6.68. The monoisotopic (exact) mass is 212 g/mol. The topological polar surface area (TPSA) is 63.8 Å². The maximum Gasteiger partial charge on any atom is 0.157 e. The molecule has 2 unspecified atom stereocenters. The van der Waals surface area contributed by atoms with E-state index in [0.29, 0.717) is 16.7 Å². The lowest BCUT2D eigenvalue weighted by Crippen LogP contribution is -2.09. The van der Waals surface area contributed by atoms with Crippen molar-refractivity contribution >= 4 is 23.1 Å². The molecule has 2 rings (SSSR count). The van der Waals surface area contributed by atoms with E-state index in [1.165, 1.54) is 12.7 Å². The van der Waals surface area contributed by atoms with Gasteiger partial charge < -0.3 is 11.1 Å². The van der Waals surface area contributed by atoms with Gasteiger partial charge in [-0.2, -0.15) is 0 Å². The van der Waals surface area contributed by atoms with E-state index in [-0.39, 0.29) is 0 Å². The van der Waals surface area contributed by atoms with Crippen LogP contribution in [-0.2, 0) is 0 Å². The van der Waals surface area contributed by atoms with Crippen molar-refractivity contribution in [2.75, 3.05) is 17.6 Å². The maximum atomic E-state index is 5.76. The summed E-state index contributed by atoms with van der Waals surface area (Å²) < 4.78 is 0. The number of hydrogen-bond donors (Lipinski definition) is 2. The third kappa shape index (κ3) is 1.90. The van der Waals surface area contributed by atoms with Gasteiger partial charge in [-0.05, 0) is 18.3 Å². The molecule has 0 radical (unpaired) electrons. The highest BCUT2D eigenvalue weighted by Crippen LogP contribution is 2.37. The molecule has 0 saturated heterocycles. The summed E-state index contributed by atoms with van der Waals surface area (Å²) in [6, 6.07) is 0. The SMILES string of the molecule is CC1CC1CNc1ncnc(Cl)c1N. The highest BCUT2D eigenvalue weighted by Gasteiger charge is 2.32. The van der Waals surface area contributed by atoms with Crippen LogP contribution in [0.2, 0.25) is 5.15 Å². The normalized spacial score (nSPS) is 24.7. The molecular weight excluding hydrogens is 200 g/mol. The van der Waals surface area contributed by atoms with E-state index < -0.39 is 0 Å². The number of aromatic nitrogens is 2. The lowest BCUT2D eigenvalue weighted by atomic mass is 10.3. The van der Waals surface area contributed by atoms with Gasteiger partial charge in [-0.15, -0.1) is 0 Å². The maximum absolute atomic E-state index is 5.76. The van der Waals surface area contributed by atoms with Crippen molar-refractivity contribution in [2.24, 2.45) is 11.8 Å². The van der Waals surface area contributed by atoms with Gasteiger partial charge in [0.25, 0.3) is 0 Å². The van der Waals surface area contributed by atoms with E-state index >= 15 is 0 Å². The lowest BCUT2D eigenvalue weighted by Gasteiger charge is -2.07. The highest BCUT2D eigenvalue weighted by atomic mass is 35.5. The van der Waals surface area contributed by atoms with Gasteiger partial charge in [-0.3, -0.25) is 0 Å². The molecule has 1 saturated carbocycles. The Morgan fingerprint density at radius 2 is 2.36 bits per heavy atom. The first-order valence-corrected chi connectivity index (χ1v) is 5.06. The minimum atomic E-state index is 0.311. The van der Waals surface area contributed by atoms with Gasteiger partial charge in [0.05, 0.1) is 0 Å². The molecule has 0 amide bonds. The summed E-state index contributed by atoms with van der Waals surface area (Å²) in [7, 11) is 0. The van der Waals surface area contributed by atoms with Crippen molar-refractivity contribution in [1.82, 2.24) is 9.97 Å². The third-order valence-electron chi connectivity index (χ3n) is 2.64. The minimum Gasteiger partial charge on any atom is -0.393 e. The summed E-state index contributed by atoms with van der Waals surface area (Å²) in [5.41, 5.74) is 6.14. The molecule has 3 N–H and O–H groups in total. The van der Waals surface area contributed by atoms with Gasteiger partial charge in [-0.25, -0.2) is 9.97 Å². The number of anilines is 2. The Morgan fingerprint density at radius 3 is 3.00 bits per heavy atom. The van der Waals surface area contributed by atoms with E-state index in [0.717, 1.165) is 18.4 Å². The fourth-order valence-corrected chi connectivity index (χ4v) is 1.56. The fourth-order valence-electron chi connectivity index (χ4n) is 1.43. The number of nitrogens with one attached hydrogen (secondary N) is 1. The molecule has 1 fully saturated rings. The van der Waals surface area contributed by atoms with Crippen LogP contribution in [0.15, 0.2) is 6.33 Å². The Balaban J connectivity index is 1.98. The molecule has 14 heavy (non-hydrogen) atoms. The Morgan fingerprint density at radius 1 is 1.64 bits per heavy atom. The first-order valence-electron chi connectivity index (χ1n) is 4.68. The molecule has 1 aliphatic carbocycles. The molecule has 4 nitrogen and oxygen atoms in total. The molecule has 5 heteroatoms. The van der Waals surface area contributed by atoms with Crippen LogP contribution in [0.4, 0.5) is 11.5 Å². The quantitative estimate of drug-likeness (QED) is 0.750. The van der Waals surface area contributed by atoms with Crippen LogP contribution in [0.1, 0.15) is 13.3 Å². The summed E-state index contributed by atoms with van der Waals surface area (Å²) in [5.74, 6) is 2.22. The number of nitrogen functional groups attached to an aromatic ring is 1. The molecule has 76 valence electrons. The zero-order valence-corrected chi connectivity index (χ0v) is 8.75. The molecule has 0 spiro atoms. The van der Waals surface area contributed by atoms with Gasteiger partial charge in [0.1, 0.15) is 12.0 Å². The summed E-state index contributed by atoms with van der Waals surface area (Å²) in [6.45, 7) is 3.15. The van der Waals surface area contributed by atoms with Crippen LogP contribution in [0.25, 0.3) is 0 Å². The van der Waals surface area contributed by atoms with Gasteiger partial charge in [0, 0.05) is 6.54 Å². The van der Waals surface area contributed by atoms with Crippen molar-refractivity contribution in [3.8, 4) is 0 Å². The number of nitrogens with zero attached hydrogens (tertiary/aromatic N) is 2. The van der Waals surface area contributed by atoms with Crippen molar-refractivity contribution < 1.29 is 0 Å². The van der Waals surface area contributed by atoms with E-state index in [1.54, 1.807) is 0 Å². The van der Waals surface area contributed by atoms with E-state index in [2.05, 4.69) is 22.2 Å². The van der Waals surface area contributed by atoms with Crippen molar-refractivity contribution in [2.45, 2.75) is 13.3 Å². The Kier molecular flexibility index (Phi) is 2.46. The van der Waals surface area contributed by atoms with Crippen LogP contribution in [-0.4, -0.2) is 16.5 Å². The second kappa shape index (κ2) is 3.61. The largest absolute Gasteiger partial charge is 0.393 e. The van der Waals surface area contributed by atoms with Crippen LogP contribution < -0.4 is 11.1 Å². The summed E-state index contributed by atoms with van der Waals surface area (Å²) in [6.07, 6.45) is 2.70. The van der Waals surface area contributed by atoms with Gasteiger partial charge in [0.15, 0.2) is 11.0 Å². The zero-order valence-electron chi connectivity index (χ0n) is 8.00.